The molecule has 1 aromatic carbocycles. The highest BCUT2D eigenvalue weighted by atomic mass is 16.3. The van der Waals surface area contributed by atoms with Crippen LogP contribution < -0.4 is 0 Å². The third kappa shape index (κ3) is 3.33. The van der Waals surface area contributed by atoms with Gasteiger partial charge < -0.3 is 5.11 Å². The fourth-order valence-corrected chi connectivity index (χ4v) is 2.02. The standard InChI is InChI=1S/C17H24O/c1-6-13(4)16(14(5)12(2)3)17(18)15-10-8-7-9-11-15/h7-11,17-18H,6H2,1-5H3/b16-13+. The van der Waals surface area contributed by atoms with Gasteiger partial charge in [0.15, 0.2) is 0 Å². The van der Waals surface area contributed by atoms with Gasteiger partial charge in [-0.05, 0) is 50.8 Å². The molecule has 0 heterocycles. The molecule has 0 saturated heterocycles. The van der Waals surface area contributed by atoms with Crippen LogP contribution in [0, 0.1) is 0 Å². The monoisotopic (exact) mass is 244 g/mol. The van der Waals surface area contributed by atoms with Gasteiger partial charge in [-0.15, -0.1) is 0 Å². The summed E-state index contributed by atoms with van der Waals surface area (Å²) in [6.07, 6.45) is 0.435. The minimum Gasteiger partial charge on any atom is -0.384 e. The maximum Gasteiger partial charge on any atom is 0.104 e. The second-order valence-corrected chi connectivity index (χ2v) is 4.99. The van der Waals surface area contributed by atoms with Gasteiger partial charge in [0, 0.05) is 0 Å². The van der Waals surface area contributed by atoms with E-state index in [0.29, 0.717) is 0 Å². The summed E-state index contributed by atoms with van der Waals surface area (Å²) in [5.74, 6) is 0. The predicted molar refractivity (Wildman–Crippen MR) is 78.4 cm³/mol. The first-order valence-electron chi connectivity index (χ1n) is 6.56. The van der Waals surface area contributed by atoms with Crippen LogP contribution in [-0.4, -0.2) is 5.11 Å². The average molecular weight is 244 g/mol. The van der Waals surface area contributed by atoms with E-state index in [4.69, 9.17) is 0 Å². The topological polar surface area (TPSA) is 20.2 Å². The van der Waals surface area contributed by atoms with Gasteiger partial charge in [0.1, 0.15) is 6.10 Å². The van der Waals surface area contributed by atoms with Crippen LogP contribution in [0.25, 0.3) is 0 Å². The zero-order chi connectivity index (χ0) is 13.7. The Balaban J connectivity index is 3.27. The molecule has 18 heavy (non-hydrogen) atoms. The number of rotatable bonds is 4. The van der Waals surface area contributed by atoms with E-state index in [2.05, 4.69) is 34.6 Å². The predicted octanol–water partition coefficient (Wildman–Crippen LogP) is 4.80. The van der Waals surface area contributed by atoms with Gasteiger partial charge in [-0.3, -0.25) is 0 Å². The molecule has 0 radical (unpaired) electrons. The number of aliphatic hydroxyl groups excluding tert-OH is 1. The lowest BCUT2D eigenvalue weighted by molar-refractivity contribution is 0.216. The van der Waals surface area contributed by atoms with Gasteiger partial charge in [0.05, 0.1) is 0 Å². The van der Waals surface area contributed by atoms with Crippen molar-refractivity contribution in [3.05, 3.63) is 58.2 Å². The number of aliphatic hydroxyl groups is 1. The fraction of sp³-hybridized carbons (Fsp3) is 0.412. The smallest absolute Gasteiger partial charge is 0.104 e. The largest absolute Gasteiger partial charge is 0.384 e. The summed E-state index contributed by atoms with van der Waals surface area (Å²) in [6.45, 7) is 10.5. The Hall–Kier alpha value is -1.34. The number of hydrogen-bond acceptors (Lipinski definition) is 1. The molecule has 0 aliphatic rings. The number of allylic oxidation sites excluding steroid dienone is 2. The van der Waals surface area contributed by atoms with Crippen molar-refractivity contribution in [2.45, 2.75) is 47.1 Å². The highest BCUT2D eigenvalue weighted by molar-refractivity contribution is 5.42. The summed E-state index contributed by atoms with van der Waals surface area (Å²) in [4.78, 5) is 0. The lowest BCUT2D eigenvalue weighted by Crippen LogP contribution is -2.06. The minimum atomic E-state index is -0.527. The summed E-state index contributed by atoms with van der Waals surface area (Å²) >= 11 is 0. The van der Waals surface area contributed by atoms with Gasteiger partial charge in [0.25, 0.3) is 0 Å². The van der Waals surface area contributed by atoms with Crippen molar-refractivity contribution in [1.82, 2.24) is 0 Å². The van der Waals surface area contributed by atoms with Crippen LogP contribution in [0.1, 0.15) is 52.7 Å². The second kappa shape index (κ2) is 6.55. The Labute approximate surface area is 111 Å². The molecular formula is C17H24O. The van der Waals surface area contributed by atoms with E-state index in [1.165, 1.54) is 16.7 Å². The number of hydrogen-bond donors (Lipinski definition) is 1. The molecule has 1 heteroatoms. The van der Waals surface area contributed by atoms with Crippen molar-refractivity contribution in [3.8, 4) is 0 Å². The Morgan fingerprint density at radius 1 is 1.06 bits per heavy atom. The SMILES string of the molecule is CC/C(C)=C(\C(C)=C(C)C)C(O)c1ccccc1. The van der Waals surface area contributed by atoms with Crippen molar-refractivity contribution in [2.24, 2.45) is 0 Å². The van der Waals surface area contributed by atoms with E-state index in [0.717, 1.165) is 17.6 Å². The second-order valence-electron chi connectivity index (χ2n) is 4.99. The summed E-state index contributed by atoms with van der Waals surface area (Å²) in [6, 6.07) is 9.86. The maximum absolute atomic E-state index is 10.6. The summed E-state index contributed by atoms with van der Waals surface area (Å²) in [5, 5.41) is 10.6. The molecule has 1 atom stereocenters. The van der Waals surface area contributed by atoms with Crippen LogP contribution in [-0.2, 0) is 0 Å². The third-order valence-electron chi connectivity index (χ3n) is 3.53. The molecule has 0 spiro atoms. The van der Waals surface area contributed by atoms with Crippen LogP contribution in [0.5, 0.6) is 0 Å². The normalized spacial score (nSPS) is 13.9. The fourth-order valence-electron chi connectivity index (χ4n) is 2.02. The molecule has 98 valence electrons. The van der Waals surface area contributed by atoms with Crippen molar-refractivity contribution in [1.29, 1.82) is 0 Å². The van der Waals surface area contributed by atoms with Crippen LogP contribution >= 0.6 is 0 Å². The molecule has 0 aromatic heterocycles. The average Bonchev–Trinajstić information content (AvgIpc) is 2.39. The van der Waals surface area contributed by atoms with Crippen molar-refractivity contribution in [3.63, 3.8) is 0 Å². The maximum atomic E-state index is 10.6. The summed E-state index contributed by atoms with van der Waals surface area (Å²) in [5.41, 5.74) is 5.74. The molecule has 1 N–H and O–H groups in total. The van der Waals surface area contributed by atoms with Gasteiger partial charge in [-0.2, -0.15) is 0 Å². The molecule has 0 saturated carbocycles. The Morgan fingerprint density at radius 2 is 1.61 bits per heavy atom. The van der Waals surface area contributed by atoms with E-state index >= 15 is 0 Å². The van der Waals surface area contributed by atoms with E-state index < -0.39 is 6.10 Å². The van der Waals surface area contributed by atoms with Crippen LogP contribution in [0.4, 0.5) is 0 Å². The first-order valence-corrected chi connectivity index (χ1v) is 6.56. The van der Waals surface area contributed by atoms with Crippen LogP contribution in [0.3, 0.4) is 0 Å². The quantitative estimate of drug-likeness (QED) is 0.754. The van der Waals surface area contributed by atoms with Crippen LogP contribution in [0.2, 0.25) is 0 Å². The molecule has 0 amide bonds. The molecule has 1 aromatic rings. The van der Waals surface area contributed by atoms with Crippen LogP contribution in [0.15, 0.2) is 52.6 Å². The Kier molecular flexibility index (Phi) is 5.36. The zero-order valence-corrected chi connectivity index (χ0v) is 12.1. The molecule has 0 aliphatic heterocycles. The highest BCUT2D eigenvalue weighted by Crippen LogP contribution is 2.32. The highest BCUT2D eigenvalue weighted by Gasteiger charge is 2.17. The molecular weight excluding hydrogens is 220 g/mol. The van der Waals surface area contributed by atoms with Gasteiger partial charge >= 0.3 is 0 Å². The Bertz CT molecular complexity index is 448. The summed E-state index contributed by atoms with van der Waals surface area (Å²) < 4.78 is 0. The first-order chi connectivity index (χ1) is 8.49. The van der Waals surface area contributed by atoms with Gasteiger partial charge in [0.2, 0.25) is 0 Å². The van der Waals surface area contributed by atoms with Gasteiger partial charge in [-0.25, -0.2) is 0 Å². The summed E-state index contributed by atoms with van der Waals surface area (Å²) in [7, 11) is 0. The molecule has 1 rings (SSSR count). The molecule has 0 bridgehead atoms. The molecule has 1 unspecified atom stereocenters. The zero-order valence-electron chi connectivity index (χ0n) is 12.1. The van der Waals surface area contributed by atoms with E-state index in [9.17, 15) is 5.11 Å². The van der Waals surface area contributed by atoms with E-state index in [-0.39, 0.29) is 0 Å². The lowest BCUT2D eigenvalue weighted by Gasteiger charge is -2.20. The first kappa shape index (κ1) is 14.7. The third-order valence-corrected chi connectivity index (χ3v) is 3.53. The number of benzene rings is 1. The van der Waals surface area contributed by atoms with Gasteiger partial charge in [-0.1, -0.05) is 48.4 Å². The Morgan fingerprint density at radius 3 is 2.06 bits per heavy atom. The molecule has 0 fully saturated rings. The lowest BCUT2D eigenvalue weighted by atomic mass is 9.89. The van der Waals surface area contributed by atoms with E-state index in [1.807, 2.05) is 30.3 Å². The molecule has 0 aliphatic carbocycles. The minimum absolute atomic E-state index is 0.527. The van der Waals surface area contributed by atoms with Crippen molar-refractivity contribution in [2.75, 3.05) is 0 Å². The van der Waals surface area contributed by atoms with Crippen molar-refractivity contribution < 1.29 is 5.11 Å². The van der Waals surface area contributed by atoms with E-state index in [1.54, 1.807) is 0 Å². The van der Waals surface area contributed by atoms with Crippen molar-refractivity contribution >= 4 is 0 Å². The molecule has 1 nitrogen and oxygen atoms in total.